The predicted octanol–water partition coefficient (Wildman–Crippen LogP) is 5.18. The van der Waals surface area contributed by atoms with Crippen LogP contribution in [-0.2, 0) is 14.8 Å². The van der Waals surface area contributed by atoms with Crippen LogP contribution in [0.4, 0.5) is 0 Å². The monoisotopic (exact) mass is 431 g/mol. The van der Waals surface area contributed by atoms with Gasteiger partial charge in [-0.15, -0.1) is 0 Å². The van der Waals surface area contributed by atoms with Gasteiger partial charge in [-0.05, 0) is 32.1 Å². The number of hydrogen-bond acceptors (Lipinski definition) is 3. The van der Waals surface area contributed by atoms with Gasteiger partial charge in [-0.3, -0.25) is 9.52 Å². The zero-order chi connectivity index (χ0) is 22.0. The minimum absolute atomic E-state index is 0.0192. The Kier molecular flexibility index (Phi) is 16.4. The Hall–Kier alpha value is -0.880. The molecule has 0 aromatic rings. The normalized spacial score (nSPS) is 12.6. The van der Waals surface area contributed by atoms with Crippen LogP contribution in [0.5, 0.6) is 0 Å². The fourth-order valence-electron chi connectivity index (χ4n) is 3.03. The molecule has 0 aromatic heterocycles. The molecule has 0 atom stereocenters. The molecule has 0 fully saturated rings. The van der Waals surface area contributed by atoms with E-state index in [2.05, 4.69) is 23.8 Å². The minimum atomic E-state index is -3.51. The summed E-state index contributed by atoms with van der Waals surface area (Å²) in [7, 11) is 2.29. The van der Waals surface area contributed by atoms with E-state index in [4.69, 9.17) is 0 Å². The highest BCUT2D eigenvalue weighted by Crippen LogP contribution is 2.10. The van der Waals surface area contributed by atoms with Crippen molar-refractivity contribution in [2.24, 2.45) is 0 Å². The molecular formula is C23H47N2O3S+. The number of carbonyl (C=O) groups is 1. The molecular weight excluding hydrogens is 384 g/mol. The molecule has 1 N–H and O–H groups in total. The summed E-state index contributed by atoms with van der Waals surface area (Å²) >= 11 is 0. The lowest BCUT2D eigenvalue weighted by Crippen LogP contribution is -2.42. The molecule has 0 radical (unpaired) electrons. The van der Waals surface area contributed by atoms with Crippen molar-refractivity contribution in [3.05, 3.63) is 12.2 Å². The lowest BCUT2D eigenvalue weighted by molar-refractivity contribution is -0.867. The summed E-state index contributed by atoms with van der Waals surface area (Å²) < 4.78 is 26.6. The van der Waals surface area contributed by atoms with Gasteiger partial charge in [-0.25, -0.2) is 8.42 Å². The van der Waals surface area contributed by atoms with Crippen molar-refractivity contribution in [3.63, 3.8) is 0 Å². The van der Waals surface area contributed by atoms with Crippen LogP contribution in [0.1, 0.15) is 96.8 Å². The van der Waals surface area contributed by atoms with Crippen molar-refractivity contribution >= 4 is 15.9 Å². The molecule has 0 heterocycles. The van der Waals surface area contributed by atoms with Gasteiger partial charge in [0.15, 0.2) is 0 Å². The molecule has 0 rings (SSSR count). The molecule has 29 heavy (non-hydrogen) atoms. The van der Waals surface area contributed by atoms with Gasteiger partial charge < -0.3 is 4.48 Å². The van der Waals surface area contributed by atoms with Crippen molar-refractivity contribution in [3.8, 4) is 0 Å². The summed E-state index contributed by atoms with van der Waals surface area (Å²) in [6, 6.07) is 0. The molecule has 5 nitrogen and oxygen atoms in total. The van der Waals surface area contributed by atoms with Crippen LogP contribution in [0.2, 0.25) is 0 Å². The van der Waals surface area contributed by atoms with E-state index in [1.165, 1.54) is 57.8 Å². The summed E-state index contributed by atoms with van der Waals surface area (Å²) in [5.41, 5.74) is 0. The van der Waals surface area contributed by atoms with Gasteiger partial charge in [0.25, 0.3) is 0 Å². The number of rotatable bonds is 19. The summed E-state index contributed by atoms with van der Waals surface area (Å²) in [6.45, 7) is 2.73. The number of nitrogens with zero attached hydrogens (tertiary/aromatic N) is 1. The molecule has 172 valence electrons. The highest BCUT2D eigenvalue weighted by Gasteiger charge is 2.18. The van der Waals surface area contributed by atoms with E-state index in [-0.39, 0.29) is 11.7 Å². The first-order valence-electron chi connectivity index (χ1n) is 11.6. The molecule has 0 bridgehead atoms. The molecule has 0 saturated heterocycles. The van der Waals surface area contributed by atoms with Crippen molar-refractivity contribution in [1.29, 1.82) is 0 Å². The fraction of sp³-hybridized carbons (Fsp3) is 0.870. The number of sulfonamides is 1. The maximum absolute atomic E-state index is 11.9. The number of amides is 1. The maximum atomic E-state index is 11.9. The zero-order valence-electron chi connectivity index (χ0n) is 19.5. The van der Waals surface area contributed by atoms with E-state index in [0.29, 0.717) is 17.4 Å². The van der Waals surface area contributed by atoms with E-state index >= 15 is 0 Å². The van der Waals surface area contributed by atoms with Crippen LogP contribution in [0.3, 0.4) is 0 Å². The average molecular weight is 432 g/mol. The Bertz CT molecular complexity index is 537. The standard InChI is InChI=1S/C23H46N2O3S/c1-5-6-7-8-9-10-11-12-13-14-15-16-17-18-19-20-23(26)24-29(27,28)22-21-25(2,3)4/h12-13H,5-11,14-22H2,1-4H3/p+1/b13-12-. The molecule has 0 aliphatic carbocycles. The highest BCUT2D eigenvalue weighted by molar-refractivity contribution is 7.90. The van der Waals surface area contributed by atoms with Crippen LogP contribution in [0.25, 0.3) is 0 Å². The zero-order valence-corrected chi connectivity index (χ0v) is 20.4. The van der Waals surface area contributed by atoms with Crippen LogP contribution in [-0.4, -0.2) is 52.2 Å². The van der Waals surface area contributed by atoms with E-state index in [9.17, 15) is 13.2 Å². The van der Waals surface area contributed by atoms with Gasteiger partial charge in [0.05, 0.1) is 27.7 Å². The van der Waals surface area contributed by atoms with Crippen molar-refractivity contribution in [2.75, 3.05) is 33.4 Å². The van der Waals surface area contributed by atoms with Gasteiger partial charge in [0, 0.05) is 6.42 Å². The molecule has 0 saturated carbocycles. The van der Waals surface area contributed by atoms with Crippen LogP contribution in [0.15, 0.2) is 12.2 Å². The molecule has 0 aliphatic rings. The van der Waals surface area contributed by atoms with Gasteiger partial charge in [0.1, 0.15) is 5.75 Å². The van der Waals surface area contributed by atoms with Gasteiger partial charge >= 0.3 is 0 Å². The second-order valence-electron chi connectivity index (χ2n) is 9.19. The number of carbonyl (C=O) groups excluding carboxylic acids is 1. The first-order chi connectivity index (χ1) is 13.7. The third kappa shape index (κ3) is 21.6. The Morgan fingerprint density at radius 3 is 1.79 bits per heavy atom. The Morgan fingerprint density at radius 2 is 1.28 bits per heavy atom. The number of hydrogen-bond donors (Lipinski definition) is 1. The SMILES string of the molecule is CCCCCCCC/C=C\CCCCCCCC(=O)NS(=O)(=O)CC[N+](C)(C)C. The number of allylic oxidation sites excluding steroid dienone is 2. The van der Waals surface area contributed by atoms with Crippen LogP contribution >= 0.6 is 0 Å². The second kappa shape index (κ2) is 16.9. The fourth-order valence-corrected chi connectivity index (χ4v) is 4.36. The topological polar surface area (TPSA) is 63.2 Å². The third-order valence-corrected chi connectivity index (χ3v) is 6.22. The summed E-state index contributed by atoms with van der Waals surface area (Å²) in [5, 5.41) is 0. The van der Waals surface area contributed by atoms with Crippen LogP contribution < -0.4 is 4.72 Å². The van der Waals surface area contributed by atoms with Crippen molar-refractivity contribution in [2.45, 2.75) is 96.8 Å². The molecule has 0 unspecified atom stereocenters. The predicted molar refractivity (Wildman–Crippen MR) is 124 cm³/mol. The Labute approximate surface area is 181 Å². The van der Waals surface area contributed by atoms with Crippen molar-refractivity contribution in [1.82, 2.24) is 4.72 Å². The van der Waals surface area contributed by atoms with E-state index in [1.54, 1.807) is 0 Å². The molecule has 0 aliphatic heterocycles. The van der Waals surface area contributed by atoms with E-state index < -0.39 is 10.0 Å². The van der Waals surface area contributed by atoms with E-state index in [0.717, 1.165) is 25.7 Å². The molecule has 0 spiro atoms. The van der Waals surface area contributed by atoms with Gasteiger partial charge in [-0.1, -0.05) is 70.4 Å². The van der Waals surface area contributed by atoms with Crippen molar-refractivity contribution < 1.29 is 17.7 Å². The highest BCUT2D eigenvalue weighted by atomic mass is 32.2. The smallest absolute Gasteiger partial charge is 0.240 e. The number of nitrogens with one attached hydrogen (secondary N) is 1. The Morgan fingerprint density at radius 1 is 0.793 bits per heavy atom. The number of unbranched alkanes of at least 4 members (excludes halogenated alkanes) is 11. The average Bonchev–Trinajstić information content (AvgIpc) is 2.62. The second-order valence-corrected chi connectivity index (χ2v) is 11.0. The largest absolute Gasteiger partial charge is 0.330 e. The number of quaternary nitrogens is 1. The lowest BCUT2D eigenvalue weighted by Gasteiger charge is -2.23. The maximum Gasteiger partial charge on any atom is 0.240 e. The van der Waals surface area contributed by atoms with E-state index in [1.807, 2.05) is 21.1 Å². The Balaban J connectivity index is 3.54. The summed E-state index contributed by atoms with van der Waals surface area (Å²) in [5.74, 6) is -0.390. The molecule has 6 heteroatoms. The van der Waals surface area contributed by atoms with Crippen LogP contribution in [0, 0.1) is 0 Å². The first-order valence-corrected chi connectivity index (χ1v) is 13.3. The minimum Gasteiger partial charge on any atom is -0.330 e. The summed E-state index contributed by atoms with van der Waals surface area (Å²) in [4.78, 5) is 11.8. The third-order valence-electron chi connectivity index (χ3n) is 4.97. The molecule has 1 amide bonds. The quantitative estimate of drug-likeness (QED) is 0.174. The van der Waals surface area contributed by atoms with Gasteiger partial charge in [-0.2, -0.15) is 0 Å². The molecule has 0 aromatic carbocycles. The summed E-state index contributed by atoms with van der Waals surface area (Å²) in [6.07, 6.45) is 20.6. The first kappa shape index (κ1) is 28.1. The lowest BCUT2D eigenvalue weighted by atomic mass is 10.1. The van der Waals surface area contributed by atoms with Gasteiger partial charge in [0.2, 0.25) is 15.9 Å².